The van der Waals surface area contributed by atoms with Crippen LogP contribution in [0.15, 0.2) is 34.9 Å². The molecule has 22 heavy (non-hydrogen) atoms. The lowest BCUT2D eigenvalue weighted by atomic mass is 10.2. The van der Waals surface area contributed by atoms with Gasteiger partial charge < -0.3 is 19.8 Å². The Morgan fingerprint density at radius 1 is 1.32 bits per heavy atom. The van der Waals surface area contributed by atoms with Crippen molar-refractivity contribution in [1.29, 1.82) is 0 Å². The van der Waals surface area contributed by atoms with Gasteiger partial charge >= 0.3 is 0 Å². The van der Waals surface area contributed by atoms with Gasteiger partial charge in [0, 0.05) is 13.2 Å². The number of carbonyl (C=O) groups excluding carboxylic acids is 1. The Morgan fingerprint density at radius 3 is 2.95 bits per heavy atom. The molecule has 1 amide bonds. The van der Waals surface area contributed by atoms with E-state index >= 15 is 0 Å². The maximum Gasteiger partial charge on any atom is 0.272 e. The molecule has 1 saturated heterocycles. The minimum atomic E-state index is -0.283. The molecule has 1 aliphatic rings. The Bertz CT molecular complexity index is 592. The summed E-state index contributed by atoms with van der Waals surface area (Å²) in [5.41, 5.74) is 0.272. The van der Waals surface area contributed by atoms with Crippen molar-refractivity contribution in [2.75, 3.05) is 18.5 Å². The SMILES string of the molecule is O=C(NCc1ccco1)c1ccc(NCC2CCCO2)nn1. The predicted molar refractivity (Wildman–Crippen MR) is 79.4 cm³/mol. The van der Waals surface area contributed by atoms with Gasteiger partial charge in [0.05, 0.1) is 18.9 Å². The van der Waals surface area contributed by atoms with Gasteiger partial charge in [-0.15, -0.1) is 10.2 Å². The number of furan rings is 1. The number of amides is 1. The van der Waals surface area contributed by atoms with Crippen LogP contribution in [0.25, 0.3) is 0 Å². The van der Waals surface area contributed by atoms with Crippen LogP contribution in [0, 0.1) is 0 Å². The first-order valence-electron chi connectivity index (χ1n) is 7.31. The summed E-state index contributed by atoms with van der Waals surface area (Å²) in [4.78, 5) is 11.9. The molecule has 1 atom stereocenters. The van der Waals surface area contributed by atoms with E-state index in [1.54, 1.807) is 30.5 Å². The third-order valence-electron chi connectivity index (χ3n) is 3.44. The number of hydrogen-bond acceptors (Lipinski definition) is 6. The fourth-order valence-corrected chi connectivity index (χ4v) is 2.24. The summed E-state index contributed by atoms with van der Waals surface area (Å²) in [5, 5.41) is 13.8. The molecule has 2 N–H and O–H groups in total. The molecule has 3 rings (SSSR count). The van der Waals surface area contributed by atoms with Gasteiger partial charge in [-0.05, 0) is 37.1 Å². The second-order valence-corrected chi connectivity index (χ2v) is 5.08. The first kappa shape index (κ1) is 14.5. The highest BCUT2D eigenvalue weighted by Gasteiger charge is 2.15. The zero-order chi connectivity index (χ0) is 15.2. The van der Waals surface area contributed by atoms with Gasteiger partial charge in [0.1, 0.15) is 11.6 Å². The van der Waals surface area contributed by atoms with E-state index in [-0.39, 0.29) is 17.7 Å². The van der Waals surface area contributed by atoms with E-state index < -0.39 is 0 Å². The number of ether oxygens (including phenoxy) is 1. The molecule has 3 heterocycles. The van der Waals surface area contributed by atoms with Crippen molar-refractivity contribution in [2.45, 2.75) is 25.5 Å². The summed E-state index contributed by atoms with van der Waals surface area (Å²) < 4.78 is 10.7. The quantitative estimate of drug-likeness (QED) is 0.842. The summed E-state index contributed by atoms with van der Waals surface area (Å²) in [7, 11) is 0. The standard InChI is InChI=1S/C15H18N4O3/c20-15(17-10-12-4-2-8-22-12)13-5-6-14(19-18-13)16-9-11-3-1-7-21-11/h2,4-6,8,11H,1,3,7,9-10H2,(H,16,19)(H,17,20). The average Bonchev–Trinajstić information content (AvgIpc) is 3.24. The number of hydrogen-bond donors (Lipinski definition) is 2. The lowest BCUT2D eigenvalue weighted by Gasteiger charge is -2.10. The molecule has 116 valence electrons. The number of aromatic nitrogens is 2. The number of carbonyl (C=O) groups is 1. The number of nitrogens with zero attached hydrogens (tertiary/aromatic N) is 2. The van der Waals surface area contributed by atoms with E-state index in [1.165, 1.54) is 0 Å². The lowest BCUT2D eigenvalue weighted by molar-refractivity contribution is 0.0942. The molecule has 0 saturated carbocycles. The molecule has 0 aromatic carbocycles. The molecule has 0 aliphatic carbocycles. The Labute approximate surface area is 128 Å². The van der Waals surface area contributed by atoms with Gasteiger partial charge in [0.15, 0.2) is 5.69 Å². The Balaban J connectivity index is 1.48. The third kappa shape index (κ3) is 3.82. The van der Waals surface area contributed by atoms with Crippen molar-refractivity contribution in [1.82, 2.24) is 15.5 Å². The summed E-state index contributed by atoms with van der Waals surface area (Å²) >= 11 is 0. The second kappa shape index (κ2) is 7.04. The molecule has 7 nitrogen and oxygen atoms in total. The van der Waals surface area contributed by atoms with Gasteiger partial charge in [0.2, 0.25) is 0 Å². The molecule has 2 aromatic heterocycles. The molecule has 0 bridgehead atoms. The predicted octanol–water partition coefficient (Wildman–Crippen LogP) is 1.59. The summed E-state index contributed by atoms with van der Waals surface area (Å²) in [6.45, 7) is 1.86. The topological polar surface area (TPSA) is 89.3 Å². The largest absolute Gasteiger partial charge is 0.467 e. The van der Waals surface area contributed by atoms with Crippen molar-refractivity contribution >= 4 is 11.7 Å². The molecule has 0 radical (unpaired) electrons. The van der Waals surface area contributed by atoms with Crippen LogP contribution >= 0.6 is 0 Å². The number of anilines is 1. The Hall–Kier alpha value is -2.41. The first-order chi connectivity index (χ1) is 10.8. The molecule has 2 aromatic rings. The first-order valence-corrected chi connectivity index (χ1v) is 7.31. The molecule has 0 spiro atoms. The van der Waals surface area contributed by atoms with E-state index in [1.807, 2.05) is 0 Å². The van der Waals surface area contributed by atoms with Crippen molar-refractivity contribution in [3.63, 3.8) is 0 Å². The van der Waals surface area contributed by atoms with Crippen LogP contribution in [0.4, 0.5) is 5.82 Å². The van der Waals surface area contributed by atoms with Gasteiger partial charge in [-0.3, -0.25) is 4.79 Å². The maximum absolute atomic E-state index is 11.9. The molecule has 1 aliphatic heterocycles. The fourth-order valence-electron chi connectivity index (χ4n) is 2.24. The summed E-state index contributed by atoms with van der Waals surface area (Å²) in [6, 6.07) is 6.95. The van der Waals surface area contributed by atoms with E-state index in [2.05, 4.69) is 20.8 Å². The van der Waals surface area contributed by atoms with Crippen LogP contribution in [-0.4, -0.2) is 35.4 Å². The Morgan fingerprint density at radius 2 is 2.27 bits per heavy atom. The minimum Gasteiger partial charge on any atom is -0.467 e. The minimum absolute atomic E-state index is 0.234. The van der Waals surface area contributed by atoms with Crippen molar-refractivity contribution in [3.05, 3.63) is 42.0 Å². The number of nitrogens with one attached hydrogen (secondary N) is 2. The molecular formula is C15H18N4O3. The molecular weight excluding hydrogens is 284 g/mol. The monoisotopic (exact) mass is 302 g/mol. The van der Waals surface area contributed by atoms with Crippen molar-refractivity contribution in [2.24, 2.45) is 0 Å². The van der Waals surface area contributed by atoms with Crippen molar-refractivity contribution in [3.8, 4) is 0 Å². The van der Waals surface area contributed by atoms with Gasteiger partial charge in [-0.25, -0.2) is 0 Å². The second-order valence-electron chi connectivity index (χ2n) is 5.08. The van der Waals surface area contributed by atoms with Crippen LogP contribution in [-0.2, 0) is 11.3 Å². The van der Waals surface area contributed by atoms with Gasteiger partial charge in [0.25, 0.3) is 5.91 Å². The van der Waals surface area contributed by atoms with Gasteiger partial charge in [-0.1, -0.05) is 0 Å². The molecule has 1 fully saturated rings. The van der Waals surface area contributed by atoms with Crippen LogP contribution in [0.1, 0.15) is 29.1 Å². The molecule has 1 unspecified atom stereocenters. The normalized spacial score (nSPS) is 17.4. The van der Waals surface area contributed by atoms with Crippen LogP contribution in [0.2, 0.25) is 0 Å². The van der Waals surface area contributed by atoms with Crippen LogP contribution in [0.5, 0.6) is 0 Å². The third-order valence-corrected chi connectivity index (χ3v) is 3.44. The smallest absolute Gasteiger partial charge is 0.272 e. The maximum atomic E-state index is 11.9. The van der Waals surface area contributed by atoms with Crippen LogP contribution < -0.4 is 10.6 Å². The zero-order valence-corrected chi connectivity index (χ0v) is 12.1. The molecule has 7 heteroatoms. The van der Waals surface area contributed by atoms with E-state index in [4.69, 9.17) is 9.15 Å². The summed E-state index contributed by atoms with van der Waals surface area (Å²) in [6.07, 6.45) is 3.97. The number of rotatable bonds is 6. The van der Waals surface area contributed by atoms with Crippen LogP contribution in [0.3, 0.4) is 0 Å². The lowest BCUT2D eigenvalue weighted by Crippen LogP contribution is -2.24. The van der Waals surface area contributed by atoms with Gasteiger partial charge in [-0.2, -0.15) is 0 Å². The summed E-state index contributed by atoms with van der Waals surface area (Å²) in [5.74, 6) is 1.05. The Kier molecular flexibility index (Phi) is 4.65. The highest BCUT2D eigenvalue weighted by atomic mass is 16.5. The average molecular weight is 302 g/mol. The zero-order valence-electron chi connectivity index (χ0n) is 12.1. The highest BCUT2D eigenvalue weighted by Crippen LogP contribution is 2.12. The van der Waals surface area contributed by atoms with Crippen molar-refractivity contribution < 1.29 is 13.9 Å². The highest BCUT2D eigenvalue weighted by molar-refractivity contribution is 5.92. The van der Waals surface area contributed by atoms with E-state index in [0.29, 0.717) is 24.7 Å². The van der Waals surface area contributed by atoms with E-state index in [9.17, 15) is 4.79 Å². The van der Waals surface area contributed by atoms with E-state index in [0.717, 1.165) is 19.4 Å². The fraction of sp³-hybridized carbons (Fsp3) is 0.400.